The number of carbonyl (C=O) groups is 1. The van der Waals surface area contributed by atoms with Crippen LogP contribution in [-0.4, -0.2) is 17.4 Å². The molecular formula is C22H22ClN3O. The van der Waals surface area contributed by atoms with Crippen molar-refractivity contribution in [1.29, 1.82) is 0 Å². The molecular weight excluding hydrogens is 358 g/mol. The van der Waals surface area contributed by atoms with E-state index in [2.05, 4.69) is 15.6 Å². The van der Waals surface area contributed by atoms with Gasteiger partial charge in [-0.25, -0.2) is 4.98 Å². The lowest BCUT2D eigenvalue weighted by molar-refractivity contribution is 0.0946. The summed E-state index contributed by atoms with van der Waals surface area (Å²) in [6.45, 7) is 3.31. The fourth-order valence-electron chi connectivity index (χ4n) is 2.71. The molecule has 3 aromatic rings. The first-order valence-electron chi connectivity index (χ1n) is 8.89. The molecule has 2 aromatic carbocycles. The maximum absolute atomic E-state index is 12.3. The number of aryl methyl sites for hydroxylation is 1. The van der Waals surface area contributed by atoms with Gasteiger partial charge in [-0.3, -0.25) is 4.79 Å². The highest BCUT2D eigenvalue weighted by Crippen LogP contribution is 2.11. The van der Waals surface area contributed by atoms with Crippen LogP contribution in [0, 0.1) is 6.92 Å². The molecule has 0 atom stereocenters. The number of aromatic nitrogens is 1. The molecule has 1 aromatic heterocycles. The zero-order chi connectivity index (χ0) is 19.1. The lowest BCUT2D eigenvalue weighted by Gasteiger charge is -2.09. The van der Waals surface area contributed by atoms with Gasteiger partial charge in [-0.15, -0.1) is 0 Å². The van der Waals surface area contributed by atoms with Gasteiger partial charge in [0.2, 0.25) is 0 Å². The van der Waals surface area contributed by atoms with Crippen LogP contribution in [0.1, 0.15) is 27.2 Å². The van der Waals surface area contributed by atoms with E-state index in [4.69, 9.17) is 11.6 Å². The summed E-state index contributed by atoms with van der Waals surface area (Å²) in [6.07, 6.45) is 2.57. The molecule has 1 amide bonds. The van der Waals surface area contributed by atoms with E-state index in [-0.39, 0.29) is 5.91 Å². The second-order valence-corrected chi connectivity index (χ2v) is 6.78. The maximum atomic E-state index is 12.3. The van der Waals surface area contributed by atoms with E-state index in [1.165, 1.54) is 5.56 Å². The van der Waals surface area contributed by atoms with Crippen LogP contribution in [0.3, 0.4) is 0 Å². The summed E-state index contributed by atoms with van der Waals surface area (Å²) in [4.78, 5) is 16.5. The average Bonchev–Trinajstić information content (AvgIpc) is 2.69. The largest absolute Gasteiger partial charge is 0.383 e. The summed E-state index contributed by atoms with van der Waals surface area (Å²) in [5.41, 5.74) is 4.77. The van der Waals surface area contributed by atoms with Crippen molar-refractivity contribution in [3.8, 4) is 0 Å². The molecule has 0 aliphatic heterocycles. The van der Waals surface area contributed by atoms with Gasteiger partial charge < -0.3 is 10.6 Å². The van der Waals surface area contributed by atoms with Crippen molar-refractivity contribution in [1.82, 2.24) is 10.3 Å². The number of anilines is 1. The SMILES string of the molecule is Cc1ccccc1CNC(=O)c1ccc(NCCc2ccc(Cl)cc2)cn1. The van der Waals surface area contributed by atoms with E-state index in [1.807, 2.05) is 61.5 Å². The Morgan fingerprint density at radius 3 is 2.52 bits per heavy atom. The summed E-state index contributed by atoms with van der Waals surface area (Å²) >= 11 is 5.89. The van der Waals surface area contributed by atoms with Crippen molar-refractivity contribution in [3.05, 3.63) is 94.3 Å². The zero-order valence-electron chi connectivity index (χ0n) is 15.2. The molecule has 138 valence electrons. The Labute approximate surface area is 164 Å². The van der Waals surface area contributed by atoms with Gasteiger partial charge in [-0.2, -0.15) is 0 Å². The Hall–Kier alpha value is -2.85. The quantitative estimate of drug-likeness (QED) is 0.629. The predicted molar refractivity (Wildman–Crippen MR) is 110 cm³/mol. The van der Waals surface area contributed by atoms with Crippen molar-refractivity contribution in [3.63, 3.8) is 0 Å². The van der Waals surface area contributed by atoms with Crippen LogP contribution >= 0.6 is 11.6 Å². The monoisotopic (exact) mass is 379 g/mol. The van der Waals surface area contributed by atoms with Crippen LogP contribution < -0.4 is 10.6 Å². The lowest BCUT2D eigenvalue weighted by atomic mass is 10.1. The van der Waals surface area contributed by atoms with Gasteiger partial charge in [0.1, 0.15) is 5.69 Å². The van der Waals surface area contributed by atoms with Gasteiger partial charge >= 0.3 is 0 Å². The highest BCUT2D eigenvalue weighted by molar-refractivity contribution is 6.30. The molecule has 0 saturated carbocycles. The molecule has 0 radical (unpaired) electrons. The Morgan fingerprint density at radius 2 is 1.81 bits per heavy atom. The maximum Gasteiger partial charge on any atom is 0.270 e. The van der Waals surface area contributed by atoms with E-state index < -0.39 is 0 Å². The molecule has 2 N–H and O–H groups in total. The second kappa shape index (κ2) is 9.19. The zero-order valence-corrected chi connectivity index (χ0v) is 16.0. The molecule has 3 rings (SSSR count). The third-order valence-electron chi connectivity index (χ3n) is 4.35. The molecule has 27 heavy (non-hydrogen) atoms. The Balaban J connectivity index is 1.48. The second-order valence-electron chi connectivity index (χ2n) is 6.34. The number of carbonyl (C=O) groups excluding carboxylic acids is 1. The molecule has 1 heterocycles. The molecule has 0 fully saturated rings. The van der Waals surface area contributed by atoms with Crippen LogP contribution in [0.4, 0.5) is 5.69 Å². The van der Waals surface area contributed by atoms with Crippen molar-refractivity contribution < 1.29 is 4.79 Å². The van der Waals surface area contributed by atoms with Crippen molar-refractivity contribution in [2.24, 2.45) is 0 Å². The molecule has 4 nitrogen and oxygen atoms in total. The third kappa shape index (κ3) is 5.56. The number of nitrogens with zero attached hydrogens (tertiary/aromatic N) is 1. The van der Waals surface area contributed by atoms with Crippen molar-refractivity contribution >= 4 is 23.2 Å². The predicted octanol–water partition coefficient (Wildman–Crippen LogP) is 4.63. The van der Waals surface area contributed by atoms with Crippen LogP contribution in [0.2, 0.25) is 5.02 Å². The summed E-state index contributed by atoms with van der Waals surface area (Å²) < 4.78 is 0. The molecule has 0 bridgehead atoms. The molecule has 0 spiro atoms. The summed E-state index contributed by atoms with van der Waals surface area (Å²) in [7, 11) is 0. The van der Waals surface area contributed by atoms with E-state index in [0.29, 0.717) is 12.2 Å². The Kier molecular flexibility index (Phi) is 6.44. The van der Waals surface area contributed by atoms with Gasteiger partial charge in [0.25, 0.3) is 5.91 Å². The van der Waals surface area contributed by atoms with Crippen LogP contribution in [0.5, 0.6) is 0 Å². The third-order valence-corrected chi connectivity index (χ3v) is 4.60. The topological polar surface area (TPSA) is 54.0 Å². The van der Waals surface area contributed by atoms with Crippen LogP contribution in [0.15, 0.2) is 66.9 Å². The number of hydrogen-bond acceptors (Lipinski definition) is 3. The van der Waals surface area contributed by atoms with Gasteiger partial charge in [-0.05, 0) is 54.3 Å². The van der Waals surface area contributed by atoms with Crippen LogP contribution in [0.25, 0.3) is 0 Å². The van der Waals surface area contributed by atoms with Crippen molar-refractivity contribution in [2.75, 3.05) is 11.9 Å². The summed E-state index contributed by atoms with van der Waals surface area (Å²) in [5.74, 6) is -0.175. The van der Waals surface area contributed by atoms with E-state index >= 15 is 0 Å². The van der Waals surface area contributed by atoms with Gasteiger partial charge in [-0.1, -0.05) is 48.0 Å². The van der Waals surface area contributed by atoms with E-state index in [9.17, 15) is 4.79 Å². The number of hydrogen-bond donors (Lipinski definition) is 2. The van der Waals surface area contributed by atoms with Crippen molar-refractivity contribution in [2.45, 2.75) is 19.9 Å². The average molecular weight is 380 g/mol. The fraction of sp³-hybridized carbons (Fsp3) is 0.182. The normalized spacial score (nSPS) is 10.4. The van der Waals surface area contributed by atoms with E-state index in [0.717, 1.165) is 34.8 Å². The minimum atomic E-state index is -0.175. The standard InChI is InChI=1S/C22H22ClN3O/c1-16-4-2-3-5-18(16)14-26-22(27)21-11-10-20(15-25-21)24-13-12-17-6-8-19(23)9-7-17/h2-11,15,24H,12-14H2,1H3,(H,26,27). The smallest absolute Gasteiger partial charge is 0.270 e. The van der Waals surface area contributed by atoms with Gasteiger partial charge in [0, 0.05) is 18.1 Å². The number of halogens is 1. The number of nitrogens with one attached hydrogen (secondary N) is 2. The summed E-state index contributed by atoms with van der Waals surface area (Å²) in [6, 6.07) is 19.4. The van der Waals surface area contributed by atoms with Gasteiger partial charge in [0.15, 0.2) is 0 Å². The lowest BCUT2D eigenvalue weighted by Crippen LogP contribution is -2.24. The molecule has 0 aliphatic carbocycles. The highest BCUT2D eigenvalue weighted by Gasteiger charge is 2.07. The first kappa shape index (κ1) is 18.9. The van der Waals surface area contributed by atoms with Gasteiger partial charge in [0.05, 0.1) is 11.9 Å². The van der Waals surface area contributed by atoms with E-state index in [1.54, 1.807) is 12.3 Å². The first-order chi connectivity index (χ1) is 13.1. The molecule has 0 aliphatic rings. The minimum Gasteiger partial charge on any atom is -0.383 e. The molecule has 0 unspecified atom stereocenters. The number of rotatable bonds is 7. The molecule has 5 heteroatoms. The number of benzene rings is 2. The summed E-state index contributed by atoms with van der Waals surface area (Å²) in [5, 5.41) is 6.97. The number of amides is 1. The highest BCUT2D eigenvalue weighted by atomic mass is 35.5. The molecule has 0 saturated heterocycles. The Bertz CT molecular complexity index is 892. The Morgan fingerprint density at radius 1 is 1.04 bits per heavy atom. The number of pyridine rings is 1. The van der Waals surface area contributed by atoms with Crippen LogP contribution in [-0.2, 0) is 13.0 Å². The fourth-order valence-corrected chi connectivity index (χ4v) is 2.84. The minimum absolute atomic E-state index is 0.175. The first-order valence-corrected chi connectivity index (χ1v) is 9.27.